The first kappa shape index (κ1) is 17.0. The minimum Gasteiger partial charge on any atom is -0.481 e. The van der Waals surface area contributed by atoms with Crippen molar-refractivity contribution < 1.29 is 14.6 Å². The number of hydrogen-bond acceptors (Lipinski definition) is 2. The van der Waals surface area contributed by atoms with E-state index >= 15 is 0 Å². The Morgan fingerprint density at radius 1 is 1.25 bits per heavy atom. The van der Waals surface area contributed by atoms with Crippen molar-refractivity contribution in [1.82, 2.24) is 0 Å². The predicted octanol–water partition coefficient (Wildman–Crippen LogP) is 4.63. The summed E-state index contributed by atoms with van der Waals surface area (Å²) in [6, 6.07) is 5.85. The second-order valence-electron chi connectivity index (χ2n) is 6.95. The fraction of sp³-hybridized carbons (Fsp3) is 0.562. The maximum absolute atomic E-state index is 10.5. The molecule has 0 fully saturated rings. The standard InChI is InChI=1S/C16H23BrO3/c1-15(2,3)10-16(4,5)11-6-7-13(12(17)8-11)20-9-14(18)19/h6-8H,9-10H2,1-5H3,(H,18,19). The van der Waals surface area contributed by atoms with Crippen molar-refractivity contribution in [2.45, 2.75) is 46.5 Å². The lowest BCUT2D eigenvalue weighted by Gasteiger charge is -2.33. The third-order valence-electron chi connectivity index (χ3n) is 3.04. The van der Waals surface area contributed by atoms with Crippen LogP contribution in [-0.4, -0.2) is 17.7 Å². The molecule has 0 saturated heterocycles. The normalized spacial score (nSPS) is 12.3. The average molecular weight is 343 g/mol. The number of halogens is 1. The van der Waals surface area contributed by atoms with Crippen LogP contribution in [0.1, 0.15) is 46.6 Å². The van der Waals surface area contributed by atoms with Crippen molar-refractivity contribution in [3.05, 3.63) is 28.2 Å². The molecule has 0 heterocycles. The zero-order valence-electron chi connectivity index (χ0n) is 12.8. The summed E-state index contributed by atoms with van der Waals surface area (Å²) in [5.74, 6) is -0.420. The van der Waals surface area contributed by atoms with Crippen molar-refractivity contribution in [1.29, 1.82) is 0 Å². The number of carboxylic acid groups (broad SMARTS) is 1. The van der Waals surface area contributed by atoms with E-state index in [4.69, 9.17) is 9.84 Å². The Morgan fingerprint density at radius 3 is 2.30 bits per heavy atom. The van der Waals surface area contributed by atoms with Crippen LogP contribution >= 0.6 is 15.9 Å². The van der Waals surface area contributed by atoms with Crippen molar-refractivity contribution in [2.75, 3.05) is 6.61 Å². The molecule has 0 unspecified atom stereocenters. The lowest BCUT2D eigenvalue weighted by molar-refractivity contribution is -0.139. The summed E-state index contributed by atoms with van der Waals surface area (Å²) >= 11 is 3.45. The van der Waals surface area contributed by atoms with Crippen LogP contribution in [-0.2, 0) is 10.2 Å². The van der Waals surface area contributed by atoms with Gasteiger partial charge in [0.1, 0.15) is 5.75 Å². The van der Waals surface area contributed by atoms with Crippen molar-refractivity contribution in [3.8, 4) is 5.75 Å². The van der Waals surface area contributed by atoms with E-state index in [1.165, 1.54) is 5.56 Å². The van der Waals surface area contributed by atoms with Crippen LogP contribution < -0.4 is 4.74 Å². The average Bonchev–Trinajstić information content (AvgIpc) is 2.23. The fourth-order valence-corrected chi connectivity index (χ4v) is 3.10. The molecule has 1 aromatic carbocycles. The second kappa shape index (κ2) is 6.17. The second-order valence-corrected chi connectivity index (χ2v) is 7.80. The summed E-state index contributed by atoms with van der Waals surface area (Å²) < 4.78 is 6.01. The highest BCUT2D eigenvalue weighted by Crippen LogP contribution is 2.38. The smallest absolute Gasteiger partial charge is 0.341 e. The molecule has 112 valence electrons. The van der Waals surface area contributed by atoms with Crippen LogP contribution in [0.25, 0.3) is 0 Å². The van der Waals surface area contributed by atoms with Gasteiger partial charge in [-0.2, -0.15) is 0 Å². The Bertz CT molecular complexity index is 487. The van der Waals surface area contributed by atoms with Gasteiger partial charge in [0.15, 0.2) is 6.61 Å². The van der Waals surface area contributed by atoms with Crippen molar-refractivity contribution in [3.63, 3.8) is 0 Å². The maximum Gasteiger partial charge on any atom is 0.341 e. The molecule has 0 spiro atoms. The van der Waals surface area contributed by atoms with E-state index in [1.807, 2.05) is 18.2 Å². The first-order chi connectivity index (χ1) is 9.01. The number of benzene rings is 1. The Kier molecular flexibility index (Phi) is 5.25. The minimum atomic E-state index is -0.978. The number of hydrogen-bond donors (Lipinski definition) is 1. The summed E-state index contributed by atoms with van der Waals surface area (Å²) in [6.45, 7) is 10.8. The lowest BCUT2D eigenvalue weighted by Crippen LogP contribution is -2.24. The van der Waals surface area contributed by atoms with Gasteiger partial charge in [0.2, 0.25) is 0 Å². The maximum atomic E-state index is 10.5. The van der Waals surface area contributed by atoms with Gasteiger partial charge >= 0.3 is 5.97 Å². The van der Waals surface area contributed by atoms with Crippen LogP contribution in [0.4, 0.5) is 0 Å². The van der Waals surface area contributed by atoms with E-state index < -0.39 is 5.97 Å². The van der Waals surface area contributed by atoms with Crippen molar-refractivity contribution in [2.24, 2.45) is 5.41 Å². The van der Waals surface area contributed by atoms with Gasteiger partial charge in [-0.05, 0) is 50.9 Å². The number of rotatable bonds is 5. The molecule has 0 aromatic heterocycles. The SMILES string of the molecule is CC(C)(C)CC(C)(C)c1ccc(OCC(=O)O)c(Br)c1. The molecule has 0 aliphatic carbocycles. The molecule has 4 heteroatoms. The zero-order chi connectivity index (χ0) is 15.6. The molecule has 0 aliphatic rings. The van der Waals surface area contributed by atoms with Crippen LogP contribution in [0, 0.1) is 5.41 Å². The first-order valence-electron chi connectivity index (χ1n) is 6.66. The third kappa shape index (κ3) is 5.16. The van der Waals surface area contributed by atoms with E-state index in [0.717, 1.165) is 10.9 Å². The molecule has 3 nitrogen and oxygen atoms in total. The summed E-state index contributed by atoms with van der Waals surface area (Å²) in [6.07, 6.45) is 1.06. The number of carbonyl (C=O) groups is 1. The number of ether oxygens (including phenoxy) is 1. The molecule has 1 N–H and O–H groups in total. The summed E-state index contributed by atoms with van der Waals surface area (Å²) in [7, 11) is 0. The molecule has 1 aromatic rings. The highest BCUT2D eigenvalue weighted by atomic mass is 79.9. The molecule has 0 aliphatic heterocycles. The van der Waals surface area contributed by atoms with Crippen LogP contribution in [0.3, 0.4) is 0 Å². The van der Waals surface area contributed by atoms with Gasteiger partial charge in [0.05, 0.1) is 4.47 Å². The van der Waals surface area contributed by atoms with E-state index in [-0.39, 0.29) is 17.4 Å². The van der Waals surface area contributed by atoms with E-state index in [0.29, 0.717) is 5.75 Å². The Hall–Kier alpha value is -1.03. The monoisotopic (exact) mass is 342 g/mol. The van der Waals surface area contributed by atoms with Gasteiger partial charge in [0.25, 0.3) is 0 Å². The number of aliphatic carboxylic acids is 1. The quantitative estimate of drug-likeness (QED) is 0.848. The van der Waals surface area contributed by atoms with Gasteiger partial charge in [-0.3, -0.25) is 0 Å². The van der Waals surface area contributed by atoms with Crippen LogP contribution in [0.5, 0.6) is 5.75 Å². The van der Waals surface area contributed by atoms with Crippen molar-refractivity contribution >= 4 is 21.9 Å². The molecule has 0 atom stereocenters. The highest BCUT2D eigenvalue weighted by Gasteiger charge is 2.27. The fourth-order valence-electron chi connectivity index (χ4n) is 2.61. The highest BCUT2D eigenvalue weighted by molar-refractivity contribution is 9.10. The van der Waals surface area contributed by atoms with E-state index in [9.17, 15) is 4.79 Å². The zero-order valence-corrected chi connectivity index (χ0v) is 14.4. The molecular weight excluding hydrogens is 320 g/mol. The summed E-state index contributed by atoms with van der Waals surface area (Å²) in [5, 5.41) is 8.64. The molecule has 0 bridgehead atoms. The predicted molar refractivity (Wildman–Crippen MR) is 84.4 cm³/mol. The van der Waals surface area contributed by atoms with Gasteiger partial charge in [-0.15, -0.1) is 0 Å². The lowest BCUT2D eigenvalue weighted by atomic mass is 9.72. The minimum absolute atomic E-state index is 0.0477. The molecule has 1 rings (SSSR count). The first-order valence-corrected chi connectivity index (χ1v) is 7.45. The largest absolute Gasteiger partial charge is 0.481 e. The topological polar surface area (TPSA) is 46.5 Å². The Balaban J connectivity index is 2.93. The molecule has 20 heavy (non-hydrogen) atoms. The van der Waals surface area contributed by atoms with Crippen LogP contribution in [0.15, 0.2) is 22.7 Å². The molecule has 0 amide bonds. The van der Waals surface area contributed by atoms with Gasteiger partial charge in [-0.1, -0.05) is 40.7 Å². The van der Waals surface area contributed by atoms with Gasteiger partial charge < -0.3 is 9.84 Å². The van der Waals surface area contributed by atoms with Crippen LogP contribution in [0.2, 0.25) is 0 Å². The van der Waals surface area contributed by atoms with E-state index in [1.54, 1.807) is 0 Å². The molecule has 0 radical (unpaired) electrons. The van der Waals surface area contributed by atoms with E-state index in [2.05, 4.69) is 50.5 Å². The Morgan fingerprint density at radius 2 is 1.85 bits per heavy atom. The molecule has 0 saturated carbocycles. The Labute approximate surface area is 129 Å². The van der Waals surface area contributed by atoms with Gasteiger partial charge in [-0.25, -0.2) is 4.79 Å². The summed E-state index contributed by atoms with van der Waals surface area (Å²) in [4.78, 5) is 10.5. The summed E-state index contributed by atoms with van der Waals surface area (Å²) in [5.41, 5.74) is 1.50. The number of carboxylic acids is 1. The third-order valence-corrected chi connectivity index (χ3v) is 3.66. The molecular formula is C16H23BrO3. The van der Waals surface area contributed by atoms with Gasteiger partial charge in [0, 0.05) is 0 Å².